The Balaban J connectivity index is 1.70. The molecule has 186 valence electrons. The number of rotatable bonds is 5. The topological polar surface area (TPSA) is 95.2 Å². The van der Waals surface area contributed by atoms with Gasteiger partial charge < -0.3 is 14.2 Å². The fourth-order valence-electron chi connectivity index (χ4n) is 4.67. The molecule has 0 radical (unpaired) electrons. The first-order chi connectivity index (χ1) is 17.9. The summed E-state index contributed by atoms with van der Waals surface area (Å²) in [5.41, 5.74) is 6.51. The van der Waals surface area contributed by atoms with Gasteiger partial charge in [-0.2, -0.15) is 5.26 Å². The third-order valence-electron chi connectivity index (χ3n) is 6.74. The van der Waals surface area contributed by atoms with E-state index in [2.05, 4.69) is 27.7 Å². The van der Waals surface area contributed by atoms with Gasteiger partial charge in [-0.3, -0.25) is 15.0 Å². The molecule has 0 atom stereocenters. The maximum Gasteiger partial charge on any atom is 0.207 e. The van der Waals surface area contributed by atoms with E-state index < -0.39 is 0 Å². The Labute approximate surface area is 220 Å². The van der Waals surface area contributed by atoms with Crippen LogP contribution in [0.1, 0.15) is 11.3 Å². The van der Waals surface area contributed by atoms with E-state index in [0.717, 1.165) is 28.1 Å². The number of hydrogen-bond acceptors (Lipinski definition) is 6. The predicted molar refractivity (Wildman–Crippen MR) is 146 cm³/mol. The van der Waals surface area contributed by atoms with Crippen molar-refractivity contribution < 1.29 is 4.74 Å². The molecule has 2 aromatic carbocycles. The summed E-state index contributed by atoms with van der Waals surface area (Å²) in [7, 11) is 1.85. The van der Waals surface area contributed by atoms with E-state index in [4.69, 9.17) is 21.7 Å². The first-order valence-corrected chi connectivity index (χ1v) is 12.2. The molecule has 0 unspecified atom stereocenters. The van der Waals surface area contributed by atoms with Crippen molar-refractivity contribution in [3.63, 3.8) is 0 Å². The van der Waals surface area contributed by atoms with Gasteiger partial charge in [0.1, 0.15) is 11.9 Å². The molecule has 3 heterocycles. The Bertz CT molecular complexity index is 1590. The minimum atomic E-state index is 0.254. The summed E-state index contributed by atoms with van der Waals surface area (Å²) in [6, 6.07) is 17.7. The lowest BCUT2D eigenvalue weighted by Gasteiger charge is -2.28. The van der Waals surface area contributed by atoms with E-state index in [0.29, 0.717) is 54.1 Å². The average Bonchev–Trinajstić information content (AvgIpc) is 3.16. The third-order valence-corrected chi connectivity index (χ3v) is 6.99. The van der Waals surface area contributed by atoms with Crippen molar-refractivity contribution >= 4 is 29.8 Å². The van der Waals surface area contributed by atoms with Crippen LogP contribution in [0.15, 0.2) is 59.7 Å². The number of anilines is 1. The zero-order valence-electron chi connectivity index (χ0n) is 20.7. The monoisotopic (exact) mass is 511 g/mol. The van der Waals surface area contributed by atoms with Gasteiger partial charge in [-0.25, -0.2) is 4.98 Å². The lowest BCUT2D eigenvalue weighted by molar-refractivity contribution is 0.122. The van der Waals surface area contributed by atoms with Crippen LogP contribution in [0.2, 0.25) is 5.02 Å². The van der Waals surface area contributed by atoms with E-state index in [1.165, 1.54) is 0 Å². The van der Waals surface area contributed by atoms with Gasteiger partial charge in [-0.15, -0.1) is 0 Å². The number of aromatic nitrogens is 3. The molecule has 0 aliphatic carbocycles. The quantitative estimate of drug-likeness (QED) is 0.380. The number of hydrogen-bond donors (Lipinski definition) is 1. The van der Waals surface area contributed by atoms with Gasteiger partial charge in [0.2, 0.25) is 5.62 Å². The van der Waals surface area contributed by atoms with Gasteiger partial charge in [0.15, 0.2) is 0 Å². The number of nitrogens with zero attached hydrogens (tertiary/aromatic N) is 6. The number of imidazole rings is 1. The SMILES string of the molecule is C=Nc1ccc(-c2ccc(Cl)cc2)cc1-c1c(C)n(C)c(=N)n1-c1cnc(N2CCOCC2)c(C#N)c1. The van der Waals surface area contributed by atoms with Crippen molar-refractivity contribution in [2.45, 2.75) is 6.92 Å². The molecule has 1 N–H and O–H groups in total. The summed E-state index contributed by atoms with van der Waals surface area (Å²) in [4.78, 5) is 11.0. The number of aliphatic imine (C=N–C) groups is 1. The van der Waals surface area contributed by atoms with Crippen molar-refractivity contribution in [2.24, 2.45) is 12.0 Å². The number of nitrogens with one attached hydrogen (secondary N) is 1. The minimum Gasteiger partial charge on any atom is -0.378 e. The van der Waals surface area contributed by atoms with Crippen LogP contribution in [0, 0.1) is 23.7 Å². The molecule has 0 spiro atoms. The molecular weight excluding hydrogens is 486 g/mol. The number of benzene rings is 2. The van der Waals surface area contributed by atoms with Gasteiger partial charge >= 0.3 is 0 Å². The summed E-state index contributed by atoms with van der Waals surface area (Å²) in [6.07, 6.45) is 1.72. The zero-order chi connectivity index (χ0) is 26.1. The molecule has 9 heteroatoms. The molecule has 8 nitrogen and oxygen atoms in total. The second-order valence-electron chi connectivity index (χ2n) is 8.82. The van der Waals surface area contributed by atoms with Crippen LogP contribution in [-0.4, -0.2) is 47.1 Å². The number of nitriles is 1. The fraction of sp³-hybridized carbons (Fsp3) is 0.214. The summed E-state index contributed by atoms with van der Waals surface area (Å²) in [5.74, 6) is 0.633. The molecule has 1 aliphatic rings. The summed E-state index contributed by atoms with van der Waals surface area (Å²) in [5, 5.41) is 19.5. The molecule has 0 bridgehead atoms. The van der Waals surface area contributed by atoms with Gasteiger partial charge in [-0.05, 0) is 55.1 Å². The van der Waals surface area contributed by atoms with Gasteiger partial charge in [-0.1, -0.05) is 29.8 Å². The average molecular weight is 512 g/mol. The van der Waals surface area contributed by atoms with E-state index in [-0.39, 0.29) is 5.62 Å². The Morgan fingerprint density at radius 3 is 2.49 bits per heavy atom. The predicted octanol–water partition coefficient (Wildman–Crippen LogP) is 5.03. The highest BCUT2D eigenvalue weighted by Crippen LogP contribution is 2.37. The molecule has 1 aliphatic heterocycles. The van der Waals surface area contributed by atoms with E-state index in [1.54, 1.807) is 16.8 Å². The molecule has 37 heavy (non-hydrogen) atoms. The molecule has 1 fully saturated rings. The van der Waals surface area contributed by atoms with Crippen molar-refractivity contribution in [2.75, 3.05) is 31.2 Å². The second-order valence-corrected chi connectivity index (χ2v) is 9.26. The highest BCUT2D eigenvalue weighted by atomic mass is 35.5. The first kappa shape index (κ1) is 24.5. The van der Waals surface area contributed by atoms with Crippen molar-refractivity contribution in [3.8, 4) is 34.1 Å². The maximum absolute atomic E-state index is 9.96. The molecular formula is C28H26ClN7O. The summed E-state index contributed by atoms with van der Waals surface area (Å²) < 4.78 is 9.06. The van der Waals surface area contributed by atoms with Crippen LogP contribution >= 0.6 is 11.6 Å². The van der Waals surface area contributed by atoms with Crippen molar-refractivity contribution in [3.05, 3.63) is 76.6 Å². The largest absolute Gasteiger partial charge is 0.378 e. The number of morpholine rings is 1. The second kappa shape index (κ2) is 10.1. The molecule has 4 aromatic rings. The lowest BCUT2D eigenvalue weighted by Crippen LogP contribution is -2.37. The Hall–Kier alpha value is -4.19. The van der Waals surface area contributed by atoms with Crippen LogP contribution in [0.25, 0.3) is 28.1 Å². The van der Waals surface area contributed by atoms with E-state index in [1.807, 2.05) is 61.0 Å². The summed E-state index contributed by atoms with van der Waals surface area (Å²) in [6.45, 7) is 8.31. The van der Waals surface area contributed by atoms with Crippen molar-refractivity contribution in [1.29, 1.82) is 10.7 Å². The highest BCUT2D eigenvalue weighted by molar-refractivity contribution is 6.30. The molecule has 0 amide bonds. The Kier molecular flexibility index (Phi) is 6.66. The number of pyridine rings is 1. The molecule has 0 saturated carbocycles. The molecule has 5 rings (SSSR count). The normalized spacial score (nSPS) is 13.4. The maximum atomic E-state index is 9.96. The van der Waals surface area contributed by atoms with Crippen molar-refractivity contribution in [1.82, 2.24) is 14.1 Å². The minimum absolute atomic E-state index is 0.254. The lowest BCUT2D eigenvalue weighted by atomic mass is 9.99. The van der Waals surface area contributed by atoms with Gasteiger partial charge in [0.25, 0.3) is 0 Å². The van der Waals surface area contributed by atoms with Crippen LogP contribution in [0.3, 0.4) is 0 Å². The van der Waals surface area contributed by atoms with E-state index >= 15 is 0 Å². The fourth-order valence-corrected chi connectivity index (χ4v) is 4.79. The number of halogens is 1. The zero-order valence-corrected chi connectivity index (χ0v) is 21.5. The Morgan fingerprint density at radius 1 is 1.11 bits per heavy atom. The molecule has 2 aromatic heterocycles. The van der Waals surface area contributed by atoms with E-state index in [9.17, 15) is 5.26 Å². The van der Waals surface area contributed by atoms with Crippen LogP contribution in [0.5, 0.6) is 0 Å². The standard InChI is InChI=1S/C28H26ClN7O/c1-18-26(24-15-20(6-9-25(24)32-2)19-4-7-22(29)8-5-19)36(28(31)34(18)3)23-14-21(16-30)27(33-17-23)35-10-12-37-13-11-35/h4-9,14-15,17,31H,2,10-13H2,1,3H3. The highest BCUT2D eigenvalue weighted by Gasteiger charge is 2.22. The Morgan fingerprint density at radius 2 is 1.81 bits per heavy atom. The smallest absolute Gasteiger partial charge is 0.207 e. The first-order valence-electron chi connectivity index (χ1n) is 11.9. The van der Waals surface area contributed by atoms with Crippen LogP contribution < -0.4 is 10.5 Å². The van der Waals surface area contributed by atoms with Gasteiger partial charge in [0, 0.05) is 36.4 Å². The van der Waals surface area contributed by atoms with Gasteiger partial charge in [0.05, 0.1) is 42.0 Å². The number of ether oxygens (including phenoxy) is 1. The molecule has 1 saturated heterocycles. The summed E-state index contributed by atoms with van der Waals surface area (Å²) >= 11 is 6.10. The third kappa shape index (κ3) is 4.44. The van der Waals surface area contributed by atoms with Crippen LogP contribution in [0.4, 0.5) is 11.5 Å². The van der Waals surface area contributed by atoms with Crippen LogP contribution in [-0.2, 0) is 11.8 Å².